The lowest BCUT2D eigenvalue weighted by molar-refractivity contribution is -0.143. The van der Waals surface area contributed by atoms with E-state index < -0.39 is 33.7 Å². The summed E-state index contributed by atoms with van der Waals surface area (Å²) in [7, 11) is -4.84. The molecule has 0 aliphatic heterocycles. The second-order valence-corrected chi connectivity index (χ2v) is 14.1. The van der Waals surface area contributed by atoms with E-state index in [4.69, 9.17) is 19.5 Å². The maximum Gasteiger partial charge on any atom is 0.325 e. The lowest BCUT2D eigenvalue weighted by atomic mass is 10.0. The van der Waals surface area contributed by atoms with Gasteiger partial charge in [0.05, 0.1) is 6.42 Å². The summed E-state index contributed by atoms with van der Waals surface area (Å²) in [6, 6.07) is 53.9. The smallest absolute Gasteiger partial charge is 0.325 e. The van der Waals surface area contributed by atoms with Crippen LogP contribution in [-0.4, -0.2) is 40.4 Å². The predicted octanol–water partition coefficient (Wildman–Crippen LogP) is 11.0. The first-order chi connectivity index (χ1) is 27.6. The Kier molecular flexibility index (Phi) is 14.8. The van der Waals surface area contributed by atoms with Crippen molar-refractivity contribution >= 4 is 70.7 Å². The molecule has 6 aromatic rings. The SMILES string of the molecule is C(=Cc1cccc(Oc2cccc(C=Cc3ccccc3)c2C=Cc2ccccc2)c1C=Cc1ccccc1)c1ccccc1.O=C(O)CC(C(=O)O)S(=O)(=O)O. The summed E-state index contributed by atoms with van der Waals surface area (Å²) < 4.78 is 35.5. The van der Waals surface area contributed by atoms with Gasteiger partial charge in [-0.05, 0) is 45.5 Å². The van der Waals surface area contributed by atoms with Crippen LogP contribution in [-0.2, 0) is 19.7 Å². The standard InChI is InChI=1S/C44H34O.C4H6O7S/c1-5-15-35(16-6-1)27-31-39-23-13-25-43(41(39)33-29-37-19-9-3-10-20-37)45-44-26-14-24-40(32-28-36-17-7-2-8-18-36)42(44)34-30-38-21-11-4-12-22-38;5-3(6)1-2(4(7)8)12(9,10)11/h1-34H;2H,1H2,(H,5,6)(H,7,8)(H,9,10,11). The largest absolute Gasteiger partial charge is 0.481 e. The number of hydrogen-bond acceptors (Lipinski definition) is 5. The molecule has 0 spiro atoms. The van der Waals surface area contributed by atoms with Gasteiger partial charge in [0, 0.05) is 11.1 Å². The monoisotopic (exact) mass is 776 g/mol. The fourth-order valence-corrected chi connectivity index (χ4v) is 6.14. The average molecular weight is 777 g/mol. The Bertz CT molecular complexity index is 2330. The van der Waals surface area contributed by atoms with Crippen molar-refractivity contribution in [2.24, 2.45) is 0 Å². The van der Waals surface area contributed by atoms with Crippen molar-refractivity contribution in [3.8, 4) is 11.5 Å². The zero-order valence-corrected chi connectivity index (χ0v) is 31.5. The highest BCUT2D eigenvalue weighted by Crippen LogP contribution is 2.35. The molecule has 0 aromatic heterocycles. The second kappa shape index (κ2) is 20.6. The maximum atomic E-state index is 10.2. The molecule has 0 aliphatic rings. The minimum absolute atomic E-state index is 0.788. The lowest BCUT2D eigenvalue weighted by Crippen LogP contribution is -2.31. The van der Waals surface area contributed by atoms with Gasteiger partial charge in [0.2, 0.25) is 0 Å². The van der Waals surface area contributed by atoms with Gasteiger partial charge < -0.3 is 14.9 Å². The lowest BCUT2D eigenvalue weighted by Gasteiger charge is -2.15. The van der Waals surface area contributed by atoms with Crippen LogP contribution in [0.3, 0.4) is 0 Å². The van der Waals surface area contributed by atoms with Gasteiger partial charge >= 0.3 is 11.9 Å². The van der Waals surface area contributed by atoms with Crippen LogP contribution in [0.15, 0.2) is 158 Å². The van der Waals surface area contributed by atoms with E-state index in [0.29, 0.717) is 0 Å². The minimum Gasteiger partial charge on any atom is -0.481 e. The Morgan fingerprint density at radius 1 is 0.474 bits per heavy atom. The fourth-order valence-electron chi connectivity index (χ4n) is 5.53. The van der Waals surface area contributed by atoms with Crippen molar-refractivity contribution in [1.29, 1.82) is 0 Å². The van der Waals surface area contributed by atoms with Crippen LogP contribution in [0.2, 0.25) is 0 Å². The van der Waals surface area contributed by atoms with Gasteiger partial charge in [-0.2, -0.15) is 8.42 Å². The quantitative estimate of drug-likeness (QED) is 0.0734. The van der Waals surface area contributed by atoms with Crippen molar-refractivity contribution < 1.29 is 37.5 Å². The molecule has 8 nitrogen and oxygen atoms in total. The number of ether oxygens (including phenoxy) is 1. The molecule has 9 heteroatoms. The van der Waals surface area contributed by atoms with E-state index in [-0.39, 0.29) is 0 Å². The van der Waals surface area contributed by atoms with Gasteiger partial charge in [0.25, 0.3) is 10.1 Å². The van der Waals surface area contributed by atoms with Crippen LogP contribution in [0.25, 0.3) is 48.6 Å². The first-order valence-corrected chi connectivity index (χ1v) is 19.3. The zero-order chi connectivity index (χ0) is 40.5. The summed E-state index contributed by atoms with van der Waals surface area (Å²) in [6.07, 6.45) is 16.0. The third-order valence-electron chi connectivity index (χ3n) is 8.41. The molecule has 0 radical (unpaired) electrons. The van der Waals surface area contributed by atoms with E-state index in [1.807, 2.05) is 36.4 Å². The summed E-state index contributed by atoms with van der Waals surface area (Å²) in [4.78, 5) is 20.0. The highest BCUT2D eigenvalue weighted by molar-refractivity contribution is 7.87. The zero-order valence-electron chi connectivity index (χ0n) is 30.7. The average Bonchev–Trinajstić information content (AvgIpc) is 3.21. The summed E-state index contributed by atoms with van der Waals surface area (Å²) in [6.45, 7) is 0. The third-order valence-corrected chi connectivity index (χ3v) is 9.50. The normalized spacial score (nSPS) is 12.1. The molecule has 0 saturated carbocycles. The Hall–Kier alpha value is -7.07. The molecule has 6 aromatic carbocycles. The van der Waals surface area contributed by atoms with E-state index in [9.17, 15) is 18.0 Å². The fraction of sp³-hybridized carbons (Fsp3) is 0.0417. The summed E-state index contributed by atoms with van der Waals surface area (Å²) in [5, 5.41) is 13.9. The van der Waals surface area contributed by atoms with Crippen LogP contribution in [0.4, 0.5) is 0 Å². The molecule has 3 N–H and O–H groups in total. The van der Waals surface area contributed by atoms with E-state index in [2.05, 4.69) is 170 Å². The molecular weight excluding hydrogens is 737 g/mol. The number of hydrogen-bond donors (Lipinski definition) is 3. The second-order valence-electron chi connectivity index (χ2n) is 12.5. The summed E-state index contributed by atoms with van der Waals surface area (Å²) in [5.41, 5.74) is 8.72. The van der Waals surface area contributed by atoms with Gasteiger partial charge in [0.15, 0.2) is 5.25 Å². The Balaban J connectivity index is 0.000000448. The Morgan fingerprint density at radius 2 is 0.807 bits per heavy atom. The molecular formula is C48H40O8S. The van der Waals surface area contributed by atoms with Gasteiger partial charge in [0.1, 0.15) is 11.5 Å². The van der Waals surface area contributed by atoms with Crippen molar-refractivity contribution in [2.45, 2.75) is 11.7 Å². The molecule has 1 unspecified atom stereocenters. The predicted molar refractivity (Wildman–Crippen MR) is 230 cm³/mol. The van der Waals surface area contributed by atoms with Crippen molar-refractivity contribution in [2.75, 3.05) is 0 Å². The highest BCUT2D eigenvalue weighted by Gasteiger charge is 2.33. The Morgan fingerprint density at radius 3 is 1.09 bits per heavy atom. The van der Waals surface area contributed by atoms with Crippen molar-refractivity contribution in [1.82, 2.24) is 0 Å². The number of carboxylic acid groups (broad SMARTS) is 2. The van der Waals surface area contributed by atoms with E-state index in [0.717, 1.165) is 56.0 Å². The molecule has 0 heterocycles. The van der Waals surface area contributed by atoms with Gasteiger partial charge in [-0.1, -0.05) is 194 Å². The highest BCUT2D eigenvalue weighted by atomic mass is 32.2. The topological polar surface area (TPSA) is 138 Å². The number of carboxylic acids is 2. The maximum absolute atomic E-state index is 10.2. The molecule has 57 heavy (non-hydrogen) atoms. The number of aliphatic carboxylic acids is 2. The summed E-state index contributed by atoms with van der Waals surface area (Å²) in [5.74, 6) is -1.92. The molecule has 0 bridgehead atoms. The van der Waals surface area contributed by atoms with E-state index in [1.165, 1.54) is 0 Å². The van der Waals surface area contributed by atoms with Crippen LogP contribution < -0.4 is 4.74 Å². The van der Waals surface area contributed by atoms with Crippen LogP contribution >= 0.6 is 0 Å². The number of carbonyl (C=O) groups is 2. The van der Waals surface area contributed by atoms with Crippen LogP contribution in [0.5, 0.6) is 11.5 Å². The molecule has 0 fully saturated rings. The van der Waals surface area contributed by atoms with Crippen molar-refractivity contribution in [3.63, 3.8) is 0 Å². The van der Waals surface area contributed by atoms with Crippen molar-refractivity contribution in [3.05, 3.63) is 202 Å². The first kappa shape index (κ1) is 41.1. The van der Waals surface area contributed by atoms with E-state index >= 15 is 0 Å². The van der Waals surface area contributed by atoms with Gasteiger partial charge in [-0.25, -0.2) is 0 Å². The van der Waals surface area contributed by atoms with Gasteiger partial charge in [-0.15, -0.1) is 0 Å². The van der Waals surface area contributed by atoms with Crippen LogP contribution in [0.1, 0.15) is 50.9 Å². The molecule has 286 valence electrons. The van der Waals surface area contributed by atoms with Gasteiger partial charge in [-0.3, -0.25) is 14.1 Å². The third kappa shape index (κ3) is 13.0. The molecule has 1 atom stereocenters. The van der Waals surface area contributed by atoms with E-state index in [1.54, 1.807) is 0 Å². The molecule has 0 saturated heterocycles. The molecule has 0 amide bonds. The Labute approximate surface area is 332 Å². The first-order valence-electron chi connectivity index (χ1n) is 17.8. The number of benzene rings is 6. The molecule has 0 aliphatic carbocycles. The van der Waals surface area contributed by atoms with Crippen LogP contribution in [0, 0.1) is 0 Å². The minimum atomic E-state index is -4.84. The number of rotatable bonds is 14. The molecule has 6 rings (SSSR count). The summed E-state index contributed by atoms with van der Waals surface area (Å²) >= 11 is 0.